The fourth-order valence-corrected chi connectivity index (χ4v) is 3.25. The second kappa shape index (κ2) is 6.64. The second-order valence-corrected chi connectivity index (χ2v) is 6.50. The van der Waals surface area contributed by atoms with E-state index in [0.29, 0.717) is 12.0 Å². The molecule has 2 aromatic rings. The van der Waals surface area contributed by atoms with Crippen LogP contribution < -0.4 is 5.32 Å². The Morgan fingerprint density at radius 2 is 1.87 bits per heavy atom. The minimum atomic E-state index is 0.459. The third-order valence-corrected chi connectivity index (χ3v) is 4.66. The molecule has 0 spiro atoms. The van der Waals surface area contributed by atoms with Crippen molar-refractivity contribution in [1.82, 2.24) is 20.2 Å². The monoisotopic (exact) mass is 315 g/mol. The Morgan fingerprint density at radius 1 is 1.09 bits per heavy atom. The largest absolute Gasteiger partial charge is 0.425 e. The van der Waals surface area contributed by atoms with Crippen LogP contribution in [0.25, 0.3) is 0 Å². The smallest absolute Gasteiger partial charge is 0.216 e. The molecule has 1 fully saturated rings. The molecule has 3 rings (SSSR count). The third-order valence-electron chi connectivity index (χ3n) is 4.66. The zero-order chi connectivity index (χ0) is 16.4. The van der Waals surface area contributed by atoms with Crippen LogP contribution in [-0.4, -0.2) is 26.2 Å². The van der Waals surface area contributed by atoms with Crippen LogP contribution in [0.5, 0.6) is 0 Å². The first-order valence-corrected chi connectivity index (χ1v) is 8.44. The van der Waals surface area contributed by atoms with Gasteiger partial charge in [0, 0.05) is 30.1 Å². The van der Waals surface area contributed by atoms with Crippen molar-refractivity contribution in [3.05, 3.63) is 28.9 Å². The highest BCUT2D eigenvalue weighted by atomic mass is 16.4. The van der Waals surface area contributed by atoms with Gasteiger partial charge < -0.3 is 9.73 Å². The van der Waals surface area contributed by atoms with Crippen molar-refractivity contribution in [3.63, 3.8) is 0 Å². The van der Waals surface area contributed by atoms with Crippen LogP contribution in [0.15, 0.2) is 4.42 Å². The van der Waals surface area contributed by atoms with Gasteiger partial charge in [-0.3, -0.25) is 0 Å². The van der Waals surface area contributed by atoms with Gasteiger partial charge in [-0.2, -0.15) is 0 Å². The molecule has 0 aliphatic heterocycles. The number of aromatic nitrogens is 4. The summed E-state index contributed by atoms with van der Waals surface area (Å²) in [6.45, 7) is 8.08. The van der Waals surface area contributed by atoms with Gasteiger partial charge in [0.05, 0.1) is 0 Å². The van der Waals surface area contributed by atoms with Gasteiger partial charge in [0.1, 0.15) is 11.6 Å². The molecule has 0 aromatic carbocycles. The van der Waals surface area contributed by atoms with Gasteiger partial charge in [-0.1, -0.05) is 6.92 Å². The molecule has 1 N–H and O–H groups in total. The van der Waals surface area contributed by atoms with E-state index in [-0.39, 0.29) is 0 Å². The highest BCUT2D eigenvalue weighted by molar-refractivity contribution is 5.46. The van der Waals surface area contributed by atoms with E-state index in [1.807, 2.05) is 20.8 Å². The van der Waals surface area contributed by atoms with Crippen molar-refractivity contribution >= 4 is 5.82 Å². The molecule has 0 amide bonds. The Morgan fingerprint density at radius 3 is 2.61 bits per heavy atom. The molecular weight excluding hydrogens is 290 g/mol. The van der Waals surface area contributed by atoms with E-state index in [2.05, 4.69) is 32.4 Å². The maximum Gasteiger partial charge on any atom is 0.216 e. The predicted octanol–water partition coefficient (Wildman–Crippen LogP) is 3.17. The number of hydrogen-bond acceptors (Lipinski definition) is 6. The quantitative estimate of drug-likeness (QED) is 0.913. The van der Waals surface area contributed by atoms with Gasteiger partial charge in [-0.05, 0) is 46.0 Å². The van der Waals surface area contributed by atoms with Crippen LogP contribution in [0.4, 0.5) is 5.82 Å². The Balaban J connectivity index is 1.59. The number of aryl methyl sites for hydroxylation is 3. The summed E-state index contributed by atoms with van der Waals surface area (Å²) in [5.41, 5.74) is 2.19. The normalized spacial score (nSPS) is 20.9. The zero-order valence-corrected chi connectivity index (χ0v) is 14.4. The lowest BCUT2D eigenvalue weighted by Gasteiger charge is -2.16. The first kappa shape index (κ1) is 15.9. The van der Waals surface area contributed by atoms with Crippen LogP contribution in [0.1, 0.15) is 55.0 Å². The van der Waals surface area contributed by atoms with E-state index in [9.17, 15) is 0 Å². The molecule has 6 nitrogen and oxygen atoms in total. The number of nitrogens with zero attached hydrogens (tertiary/aromatic N) is 4. The molecule has 23 heavy (non-hydrogen) atoms. The Labute approximate surface area is 137 Å². The molecule has 1 aliphatic rings. The number of rotatable bonds is 5. The molecule has 0 unspecified atom stereocenters. The van der Waals surface area contributed by atoms with Gasteiger partial charge in [-0.25, -0.2) is 9.97 Å². The molecule has 0 saturated heterocycles. The van der Waals surface area contributed by atoms with Gasteiger partial charge in [0.15, 0.2) is 0 Å². The van der Waals surface area contributed by atoms with Crippen LogP contribution in [-0.2, 0) is 12.8 Å². The van der Waals surface area contributed by atoms with Crippen molar-refractivity contribution in [1.29, 1.82) is 0 Å². The average Bonchev–Trinajstić information content (AvgIpc) is 3.14. The lowest BCUT2D eigenvalue weighted by molar-refractivity contribution is 0.409. The average molecular weight is 315 g/mol. The van der Waals surface area contributed by atoms with Gasteiger partial charge in [-0.15, -0.1) is 10.2 Å². The minimum absolute atomic E-state index is 0.459. The van der Waals surface area contributed by atoms with E-state index >= 15 is 0 Å². The molecule has 1 saturated carbocycles. The number of anilines is 1. The molecule has 0 bridgehead atoms. The van der Waals surface area contributed by atoms with E-state index in [1.165, 1.54) is 6.42 Å². The lowest BCUT2D eigenvalue weighted by atomic mass is 10.0. The third kappa shape index (κ3) is 3.68. The highest BCUT2D eigenvalue weighted by Crippen LogP contribution is 2.31. The van der Waals surface area contributed by atoms with Gasteiger partial charge >= 0.3 is 0 Å². The summed E-state index contributed by atoms with van der Waals surface area (Å²) in [6, 6.07) is 0.459. The summed E-state index contributed by atoms with van der Waals surface area (Å²) in [4.78, 5) is 8.97. The SMILES string of the molecule is CCc1nnc(C[C@@H]2CC[C@H](Nc3nc(C)nc(C)c3C)C2)o1. The highest BCUT2D eigenvalue weighted by Gasteiger charge is 2.27. The molecular formula is C17H25N5O. The van der Waals surface area contributed by atoms with Gasteiger partial charge in [0.25, 0.3) is 0 Å². The molecule has 2 heterocycles. The minimum Gasteiger partial charge on any atom is -0.425 e. The molecule has 2 aromatic heterocycles. The fourth-order valence-electron chi connectivity index (χ4n) is 3.25. The van der Waals surface area contributed by atoms with E-state index in [0.717, 1.165) is 60.4 Å². The fraction of sp³-hybridized carbons (Fsp3) is 0.647. The second-order valence-electron chi connectivity index (χ2n) is 6.50. The van der Waals surface area contributed by atoms with Crippen molar-refractivity contribution in [3.8, 4) is 0 Å². The van der Waals surface area contributed by atoms with E-state index < -0.39 is 0 Å². The molecule has 1 aliphatic carbocycles. The van der Waals surface area contributed by atoms with Crippen molar-refractivity contribution < 1.29 is 4.42 Å². The summed E-state index contributed by atoms with van der Waals surface area (Å²) in [5.74, 6) is 3.91. The lowest BCUT2D eigenvalue weighted by Crippen LogP contribution is -2.18. The van der Waals surface area contributed by atoms with Crippen LogP contribution in [0.2, 0.25) is 0 Å². The van der Waals surface area contributed by atoms with Crippen molar-refractivity contribution in [2.75, 3.05) is 5.32 Å². The molecule has 0 radical (unpaired) electrons. The summed E-state index contributed by atoms with van der Waals surface area (Å²) < 4.78 is 5.64. The van der Waals surface area contributed by atoms with E-state index in [1.54, 1.807) is 0 Å². The van der Waals surface area contributed by atoms with Crippen LogP contribution in [0, 0.1) is 26.7 Å². The maximum absolute atomic E-state index is 5.64. The first-order chi connectivity index (χ1) is 11.0. The van der Waals surface area contributed by atoms with Gasteiger partial charge in [0.2, 0.25) is 11.8 Å². The maximum atomic E-state index is 5.64. The first-order valence-electron chi connectivity index (χ1n) is 8.44. The summed E-state index contributed by atoms with van der Waals surface area (Å²) >= 11 is 0. The topological polar surface area (TPSA) is 76.7 Å². The summed E-state index contributed by atoms with van der Waals surface area (Å²) in [5, 5.41) is 11.8. The van der Waals surface area contributed by atoms with Crippen molar-refractivity contribution in [2.24, 2.45) is 5.92 Å². The number of hydrogen-bond donors (Lipinski definition) is 1. The number of nitrogens with one attached hydrogen (secondary N) is 1. The van der Waals surface area contributed by atoms with Crippen LogP contribution in [0.3, 0.4) is 0 Å². The predicted molar refractivity (Wildman–Crippen MR) is 88.4 cm³/mol. The Kier molecular flexibility index (Phi) is 4.59. The van der Waals surface area contributed by atoms with Crippen LogP contribution >= 0.6 is 0 Å². The molecule has 124 valence electrons. The molecule has 6 heteroatoms. The summed E-state index contributed by atoms with van der Waals surface area (Å²) in [7, 11) is 0. The van der Waals surface area contributed by atoms with Crippen molar-refractivity contribution in [2.45, 2.75) is 65.8 Å². The Bertz CT molecular complexity index is 682. The van der Waals surface area contributed by atoms with E-state index in [4.69, 9.17) is 4.42 Å². The molecule has 2 atom stereocenters. The Hall–Kier alpha value is -1.98. The summed E-state index contributed by atoms with van der Waals surface area (Å²) in [6.07, 6.45) is 5.13. The standard InChI is InChI=1S/C17H25N5O/c1-5-15-21-22-16(23-15)9-13-6-7-14(8-13)20-17-10(2)11(3)18-12(4)19-17/h13-14H,5-9H2,1-4H3,(H,18,19,20)/t13-,14+/m1/s1. The zero-order valence-electron chi connectivity index (χ0n) is 14.4.